The van der Waals surface area contributed by atoms with Gasteiger partial charge >= 0.3 is 6.61 Å². The van der Waals surface area contributed by atoms with E-state index < -0.39 is 6.61 Å². The van der Waals surface area contributed by atoms with Gasteiger partial charge in [0.25, 0.3) is 5.91 Å². The van der Waals surface area contributed by atoms with E-state index >= 15 is 0 Å². The molecule has 0 aliphatic carbocycles. The molecule has 0 unspecified atom stereocenters. The van der Waals surface area contributed by atoms with Crippen LogP contribution in [0.5, 0.6) is 11.5 Å². The van der Waals surface area contributed by atoms with Crippen molar-refractivity contribution in [1.29, 1.82) is 0 Å². The topological polar surface area (TPSA) is 38.8 Å². The average Bonchev–Trinajstić information content (AvgIpc) is 2.47. The van der Waals surface area contributed by atoms with Gasteiger partial charge in [-0.1, -0.05) is 6.92 Å². The Morgan fingerprint density at radius 1 is 1.29 bits per heavy atom. The summed E-state index contributed by atoms with van der Waals surface area (Å²) in [5.74, 6) is 0.581. The van der Waals surface area contributed by atoms with Crippen LogP contribution in [0.4, 0.5) is 8.78 Å². The molecule has 1 aromatic carbocycles. The van der Waals surface area contributed by atoms with Crippen LogP contribution in [-0.4, -0.2) is 37.6 Å². The Balaban J connectivity index is 2.14. The maximum Gasteiger partial charge on any atom is 0.387 e. The lowest BCUT2D eigenvalue weighted by Gasteiger charge is -2.30. The molecule has 0 aromatic heterocycles. The number of ether oxygens (including phenoxy) is 2. The van der Waals surface area contributed by atoms with E-state index in [1.165, 1.54) is 25.3 Å². The fourth-order valence-corrected chi connectivity index (χ4v) is 2.39. The first-order valence-corrected chi connectivity index (χ1v) is 6.93. The molecule has 2 rings (SSSR count). The van der Waals surface area contributed by atoms with Gasteiger partial charge in [0.2, 0.25) is 0 Å². The van der Waals surface area contributed by atoms with Crippen LogP contribution in [0.1, 0.15) is 30.1 Å². The molecule has 1 amide bonds. The SMILES string of the molecule is COc1cc(C(=O)N2CCC(C)CC2)ccc1OC(F)F. The number of benzene rings is 1. The Labute approximate surface area is 122 Å². The van der Waals surface area contributed by atoms with Gasteiger partial charge in [0.15, 0.2) is 11.5 Å². The lowest BCUT2D eigenvalue weighted by atomic mass is 9.98. The standard InChI is InChI=1S/C15H19F2NO3/c1-10-5-7-18(8-6-10)14(19)11-3-4-12(21-15(16)17)13(9-11)20-2/h3-4,9-10,15H,5-8H2,1-2H3. The van der Waals surface area contributed by atoms with Crippen LogP contribution in [0.2, 0.25) is 0 Å². The first kappa shape index (κ1) is 15.5. The van der Waals surface area contributed by atoms with Crippen molar-refractivity contribution in [1.82, 2.24) is 4.90 Å². The molecule has 1 aliphatic heterocycles. The quantitative estimate of drug-likeness (QED) is 0.857. The van der Waals surface area contributed by atoms with Crippen molar-refractivity contribution in [2.45, 2.75) is 26.4 Å². The van der Waals surface area contributed by atoms with Crippen molar-refractivity contribution in [2.75, 3.05) is 20.2 Å². The van der Waals surface area contributed by atoms with Crippen LogP contribution in [0.15, 0.2) is 18.2 Å². The Morgan fingerprint density at radius 2 is 1.95 bits per heavy atom. The third-order valence-electron chi connectivity index (χ3n) is 3.70. The van der Waals surface area contributed by atoms with Crippen LogP contribution in [0.3, 0.4) is 0 Å². The van der Waals surface area contributed by atoms with E-state index in [9.17, 15) is 13.6 Å². The maximum absolute atomic E-state index is 12.4. The van der Waals surface area contributed by atoms with Crippen LogP contribution < -0.4 is 9.47 Å². The number of amides is 1. The van der Waals surface area contributed by atoms with Crippen molar-refractivity contribution in [3.8, 4) is 11.5 Å². The normalized spacial score (nSPS) is 16.1. The highest BCUT2D eigenvalue weighted by Crippen LogP contribution is 2.30. The Kier molecular flexibility index (Phi) is 4.98. The molecule has 1 aliphatic rings. The number of carbonyl (C=O) groups is 1. The summed E-state index contributed by atoms with van der Waals surface area (Å²) in [5.41, 5.74) is 0.419. The molecule has 1 heterocycles. The van der Waals surface area contributed by atoms with Crippen molar-refractivity contribution in [3.05, 3.63) is 23.8 Å². The Hall–Kier alpha value is -1.85. The smallest absolute Gasteiger partial charge is 0.387 e. The number of nitrogens with zero attached hydrogens (tertiary/aromatic N) is 1. The van der Waals surface area contributed by atoms with Gasteiger partial charge in [-0.15, -0.1) is 0 Å². The number of hydrogen-bond donors (Lipinski definition) is 0. The zero-order chi connectivity index (χ0) is 15.4. The first-order chi connectivity index (χ1) is 10.0. The third-order valence-corrected chi connectivity index (χ3v) is 3.70. The monoisotopic (exact) mass is 299 g/mol. The van der Waals surface area contributed by atoms with Gasteiger partial charge in [0.05, 0.1) is 7.11 Å². The molecule has 6 heteroatoms. The number of alkyl halides is 2. The van der Waals surface area contributed by atoms with Crippen LogP contribution in [0.25, 0.3) is 0 Å². The van der Waals surface area contributed by atoms with E-state index in [0.717, 1.165) is 25.9 Å². The highest BCUT2D eigenvalue weighted by molar-refractivity contribution is 5.95. The molecule has 0 saturated carbocycles. The predicted octanol–water partition coefficient (Wildman–Crippen LogP) is 3.17. The van der Waals surface area contributed by atoms with Crippen LogP contribution >= 0.6 is 0 Å². The Morgan fingerprint density at radius 3 is 2.52 bits per heavy atom. The number of halogens is 2. The highest BCUT2D eigenvalue weighted by atomic mass is 19.3. The van der Waals surface area contributed by atoms with Gasteiger partial charge in [0.1, 0.15) is 0 Å². The summed E-state index contributed by atoms with van der Waals surface area (Å²) in [6.45, 7) is 0.681. The summed E-state index contributed by atoms with van der Waals surface area (Å²) in [7, 11) is 1.35. The molecular formula is C15H19F2NO3. The zero-order valence-corrected chi connectivity index (χ0v) is 12.1. The van der Waals surface area contributed by atoms with Crippen molar-refractivity contribution in [3.63, 3.8) is 0 Å². The zero-order valence-electron chi connectivity index (χ0n) is 12.1. The molecule has 0 spiro atoms. The second-order valence-electron chi connectivity index (χ2n) is 5.22. The minimum Gasteiger partial charge on any atom is -0.493 e. The number of hydrogen-bond acceptors (Lipinski definition) is 3. The highest BCUT2D eigenvalue weighted by Gasteiger charge is 2.22. The van der Waals surface area contributed by atoms with Crippen LogP contribution in [-0.2, 0) is 0 Å². The molecule has 21 heavy (non-hydrogen) atoms. The van der Waals surface area contributed by atoms with E-state index in [1.807, 2.05) is 0 Å². The number of carbonyl (C=O) groups excluding carboxylic acids is 1. The van der Waals surface area contributed by atoms with Crippen molar-refractivity contribution >= 4 is 5.91 Å². The van der Waals surface area contributed by atoms with Gasteiger partial charge in [-0.25, -0.2) is 0 Å². The molecular weight excluding hydrogens is 280 g/mol. The van der Waals surface area contributed by atoms with E-state index in [0.29, 0.717) is 11.5 Å². The van der Waals surface area contributed by atoms with Crippen molar-refractivity contribution in [2.24, 2.45) is 5.92 Å². The summed E-state index contributed by atoms with van der Waals surface area (Å²) < 4.78 is 33.9. The van der Waals surface area contributed by atoms with Gasteiger partial charge in [0, 0.05) is 18.7 Å². The molecule has 4 nitrogen and oxygen atoms in total. The predicted molar refractivity (Wildman–Crippen MR) is 73.9 cm³/mol. The van der Waals surface area contributed by atoms with Gasteiger partial charge in [-0.2, -0.15) is 8.78 Å². The summed E-state index contributed by atoms with van der Waals surface area (Å²) in [6.07, 6.45) is 1.96. The fraction of sp³-hybridized carbons (Fsp3) is 0.533. The van der Waals surface area contributed by atoms with E-state index in [-0.39, 0.29) is 17.4 Å². The molecule has 116 valence electrons. The molecule has 0 radical (unpaired) electrons. The second kappa shape index (κ2) is 6.74. The lowest BCUT2D eigenvalue weighted by molar-refractivity contribution is -0.0512. The molecule has 0 atom stereocenters. The third kappa shape index (κ3) is 3.83. The molecule has 1 saturated heterocycles. The van der Waals surface area contributed by atoms with Crippen molar-refractivity contribution < 1.29 is 23.0 Å². The van der Waals surface area contributed by atoms with Gasteiger partial charge in [-0.3, -0.25) is 4.79 Å². The average molecular weight is 299 g/mol. The van der Waals surface area contributed by atoms with E-state index in [4.69, 9.17) is 4.74 Å². The summed E-state index contributed by atoms with van der Waals surface area (Å²) in [4.78, 5) is 14.2. The van der Waals surface area contributed by atoms with E-state index in [2.05, 4.69) is 11.7 Å². The molecule has 0 bridgehead atoms. The minimum atomic E-state index is -2.93. The second-order valence-corrected chi connectivity index (χ2v) is 5.22. The summed E-state index contributed by atoms with van der Waals surface area (Å²) in [6, 6.07) is 4.27. The summed E-state index contributed by atoms with van der Waals surface area (Å²) >= 11 is 0. The number of methoxy groups -OCH3 is 1. The molecule has 1 aromatic rings. The van der Waals surface area contributed by atoms with Crippen LogP contribution in [0, 0.1) is 5.92 Å². The van der Waals surface area contributed by atoms with Gasteiger partial charge in [-0.05, 0) is 37.0 Å². The number of rotatable bonds is 4. The minimum absolute atomic E-state index is 0.0729. The molecule has 1 fully saturated rings. The van der Waals surface area contributed by atoms with E-state index in [1.54, 1.807) is 4.90 Å². The Bertz CT molecular complexity index is 500. The first-order valence-electron chi connectivity index (χ1n) is 6.93. The maximum atomic E-state index is 12.4. The number of piperidine rings is 1. The summed E-state index contributed by atoms with van der Waals surface area (Å²) in [5, 5.41) is 0. The van der Waals surface area contributed by atoms with Gasteiger partial charge < -0.3 is 14.4 Å². The lowest BCUT2D eigenvalue weighted by Crippen LogP contribution is -2.37. The number of likely N-dealkylation sites (tertiary alicyclic amines) is 1. The molecule has 0 N–H and O–H groups in total. The largest absolute Gasteiger partial charge is 0.493 e. The fourth-order valence-electron chi connectivity index (χ4n) is 2.39.